The maximum Gasteiger partial charge on any atom is 0.131 e. The molecule has 0 atom stereocenters. The van der Waals surface area contributed by atoms with E-state index in [-0.39, 0.29) is 11.1 Å². The van der Waals surface area contributed by atoms with Crippen molar-refractivity contribution in [2.75, 3.05) is 5.73 Å². The van der Waals surface area contributed by atoms with E-state index < -0.39 is 11.6 Å². The minimum atomic E-state index is -0.460. The second kappa shape index (κ2) is 4.13. The van der Waals surface area contributed by atoms with Crippen LogP contribution in [0.25, 0.3) is 11.1 Å². The van der Waals surface area contributed by atoms with Crippen LogP contribution in [0.1, 0.15) is 11.1 Å². The first-order valence-corrected chi connectivity index (χ1v) is 5.17. The molecular weight excluding hydrogens is 222 g/mol. The molecule has 1 aromatic heterocycles. The van der Waals surface area contributed by atoms with Crippen molar-refractivity contribution >= 4 is 5.82 Å². The van der Waals surface area contributed by atoms with Gasteiger partial charge in [-0.05, 0) is 43.2 Å². The number of hydrogen-bond donors (Lipinski definition) is 1. The van der Waals surface area contributed by atoms with Crippen LogP contribution in [0.2, 0.25) is 0 Å². The molecule has 0 spiro atoms. The Morgan fingerprint density at radius 3 is 2.29 bits per heavy atom. The van der Waals surface area contributed by atoms with E-state index in [9.17, 15) is 8.78 Å². The quantitative estimate of drug-likeness (QED) is 0.822. The van der Waals surface area contributed by atoms with Gasteiger partial charge in [0.25, 0.3) is 0 Å². The van der Waals surface area contributed by atoms with E-state index >= 15 is 0 Å². The molecule has 1 heterocycles. The third-order valence-electron chi connectivity index (χ3n) is 2.67. The van der Waals surface area contributed by atoms with Crippen LogP contribution >= 0.6 is 0 Å². The van der Waals surface area contributed by atoms with Crippen LogP contribution < -0.4 is 5.73 Å². The van der Waals surface area contributed by atoms with Gasteiger partial charge in [0.2, 0.25) is 0 Å². The van der Waals surface area contributed by atoms with Gasteiger partial charge in [-0.3, -0.25) is 0 Å². The van der Waals surface area contributed by atoms with Gasteiger partial charge < -0.3 is 5.73 Å². The summed E-state index contributed by atoms with van der Waals surface area (Å²) in [7, 11) is 0. The van der Waals surface area contributed by atoms with E-state index in [1.807, 2.05) is 0 Å². The van der Waals surface area contributed by atoms with Crippen molar-refractivity contribution in [1.29, 1.82) is 0 Å². The van der Waals surface area contributed by atoms with Crippen LogP contribution in [0.5, 0.6) is 0 Å². The molecule has 2 rings (SSSR count). The van der Waals surface area contributed by atoms with Crippen molar-refractivity contribution < 1.29 is 8.78 Å². The SMILES string of the molecule is Cc1cc(F)c(-c2cnc(N)cc2C)cc1F. The van der Waals surface area contributed by atoms with E-state index in [4.69, 9.17) is 5.73 Å². The lowest BCUT2D eigenvalue weighted by atomic mass is 10.0. The number of nitrogens with zero attached hydrogens (tertiary/aromatic N) is 1. The highest BCUT2D eigenvalue weighted by Gasteiger charge is 2.11. The smallest absolute Gasteiger partial charge is 0.131 e. The Morgan fingerprint density at radius 1 is 0.941 bits per heavy atom. The first kappa shape index (κ1) is 11.5. The van der Waals surface area contributed by atoms with Gasteiger partial charge in [0.05, 0.1) is 0 Å². The zero-order valence-electron chi connectivity index (χ0n) is 9.59. The Balaban J connectivity index is 2.64. The van der Waals surface area contributed by atoms with Crippen LogP contribution in [0, 0.1) is 25.5 Å². The van der Waals surface area contributed by atoms with E-state index in [0.717, 1.165) is 5.56 Å². The average molecular weight is 234 g/mol. The number of anilines is 1. The van der Waals surface area contributed by atoms with Gasteiger partial charge in [-0.2, -0.15) is 0 Å². The summed E-state index contributed by atoms with van der Waals surface area (Å²) in [6.45, 7) is 3.31. The number of halogens is 2. The topological polar surface area (TPSA) is 38.9 Å². The minimum Gasteiger partial charge on any atom is -0.384 e. The maximum absolute atomic E-state index is 13.8. The Kier molecular flexibility index (Phi) is 2.79. The number of pyridine rings is 1. The fraction of sp³-hybridized carbons (Fsp3) is 0.154. The summed E-state index contributed by atoms with van der Waals surface area (Å²) in [6.07, 6.45) is 1.46. The predicted octanol–water partition coefficient (Wildman–Crippen LogP) is 3.23. The number of benzene rings is 1. The molecule has 0 aliphatic heterocycles. The van der Waals surface area contributed by atoms with E-state index in [1.165, 1.54) is 25.3 Å². The van der Waals surface area contributed by atoms with E-state index in [1.54, 1.807) is 13.0 Å². The van der Waals surface area contributed by atoms with Crippen molar-refractivity contribution in [1.82, 2.24) is 4.98 Å². The first-order valence-electron chi connectivity index (χ1n) is 5.17. The zero-order valence-corrected chi connectivity index (χ0v) is 9.59. The van der Waals surface area contributed by atoms with Gasteiger partial charge in [0, 0.05) is 17.3 Å². The monoisotopic (exact) mass is 234 g/mol. The number of aryl methyl sites for hydroxylation is 2. The number of nitrogen functional groups attached to an aromatic ring is 1. The molecule has 0 amide bonds. The molecule has 0 radical (unpaired) electrons. The van der Waals surface area contributed by atoms with Gasteiger partial charge in [0.1, 0.15) is 17.5 Å². The standard InChI is InChI=1S/C13H12F2N2/c1-7-4-13(16)17-6-10(7)9-5-11(14)8(2)3-12(9)15/h3-6H,1-2H3,(H2,16,17). The van der Waals surface area contributed by atoms with Crippen molar-refractivity contribution in [3.05, 3.63) is 47.2 Å². The summed E-state index contributed by atoms with van der Waals surface area (Å²) < 4.78 is 27.2. The van der Waals surface area contributed by atoms with Crippen molar-refractivity contribution in [3.63, 3.8) is 0 Å². The molecule has 17 heavy (non-hydrogen) atoms. The summed E-state index contributed by atoms with van der Waals surface area (Å²) in [4.78, 5) is 3.90. The Labute approximate surface area is 98.1 Å². The normalized spacial score (nSPS) is 10.6. The van der Waals surface area contributed by atoms with Crippen LogP contribution in [-0.2, 0) is 0 Å². The molecule has 2 nitrogen and oxygen atoms in total. The number of hydrogen-bond acceptors (Lipinski definition) is 2. The summed E-state index contributed by atoms with van der Waals surface area (Å²) in [5.41, 5.74) is 7.32. The third-order valence-corrected chi connectivity index (χ3v) is 2.67. The first-order chi connectivity index (χ1) is 7.99. The molecule has 2 N–H and O–H groups in total. The number of nitrogens with two attached hydrogens (primary N) is 1. The largest absolute Gasteiger partial charge is 0.384 e. The molecule has 0 unspecified atom stereocenters. The van der Waals surface area contributed by atoms with Crippen LogP contribution in [0.15, 0.2) is 24.4 Å². The van der Waals surface area contributed by atoms with Crippen LogP contribution in [-0.4, -0.2) is 4.98 Å². The highest BCUT2D eigenvalue weighted by molar-refractivity contribution is 5.68. The second-order valence-electron chi connectivity index (χ2n) is 4.01. The van der Waals surface area contributed by atoms with E-state index in [0.29, 0.717) is 11.4 Å². The van der Waals surface area contributed by atoms with Crippen molar-refractivity contribution in [2.45, 2.75) is 13.8 Å². The van der Waals surface area contributed by atoms with Crippen LogP contribution in [0.3, 0.4) is 0 Å². The second-order valence-corrected chi connectivity index (χ2v) is 4.01. The third kappa shape index (κ3) is 2.11. The van der Waals surface area contributed by atoms with Crippen LogP contribution in [0.4, 0.5) is 14.6 Å². The lowest BCUT2D eigenvalue weighted by Crippen LogP contribution is -1.96. The maximum atomic E-state index is 13.8. The van der Waals surface area contributed by atoms with Crippen molar-refractivity contribution in [2.24, 2.45) is 0 Å². The average Bonchev–Trinajstić information content (AvgIpc) is 2.24. The molecule has 0 aliphatic rings. The number of aromatic nitrogens is 1. The molecule has 0 fully saturated rings. The Morgan fingerprint density at radius 2 is 1.65 bits per heavy atom. The summed E-state index contributed by atoms with van der Waals surface area (Å²) >= 11 is 0. The molecule has 4 heteroatoms. The fourth-order valence-corrected chi connectivity index (χ4v) is 1.71. The highest BCUT2D eigenvalue weighted by atomic mass is 19.1. The molecule has 0 saturated carbocycles. The minimum absolute atomic E-state index is 0.207. The Bertz CT molecular complexity index is 580. The fourth-order valence-electron chi connectivity index (χ4n) is 1.71. The van der Waals surface area contributed by atoms with Gasteiger partial charge in [0.15, 0.2) is 0 Å². The molecule has 2 aromatic rings. The van der Waals surface area contributed by atoms with Crippen molar-refractivity contribution in [3.8, 4) is 11.1 Å². The van der Waals surface area contributed by atoms with Gasteiger partial charge in [-0.25, -0.2) is 13.8 Å². The Hall–Kier alpha value is -1.97. The molecule has 0 bridgehead atoms. The lowest BCUT2D eigenvalue weighted by Gasteiger charge is -2.09. The van der Waals surface area contributed by atoms with Gasteiger partial charge in [-0.15, -0.1) is 0 Å². The number of rotatable bonds is 1. The molecule has 88 valence electrons. The summed E-state index contributed by atoms with van der Waals surface area (Å²) in [5, 5.41) is 0. The predicted molar refractivity (Wildman–Crippen MR) is 63.5 cm³/mol. The summed E-state index contributed by atoms with van der Waals surface area (Å²) in [5.74, 6) is -0.532. The highest BCUT2D eigenvalue weighted by Crippen LogP contribution is 2.28. The van der Waals surface area contributed by atoms with Gasteiger partial charge >= 0.3 is 0 Å². The molecular formula is C13H12F2N2. The molecule has 1 aromatic carbocycles. The summed E-state index contributed by atoms with van der Waals surface area (Å²) in [6, 6.07) is 4.00. The zero-order chi connectivity index (χ0) is 12.6. The van der Waals surface area contributed by atoms with Gasteiger partial charge in [-0.1, -0.05) is 0 Å². The molecule has 0 aliphatic carbocycles. The lowest BCUT2D eigenvalue weighted by molar-refractivity contribution is 0.595. The molecule has 0 saturated heterocycles. The van der Waals surface area contributed by atoms with E-state index in [2.05, 4.69) is 4.98 Å².